The number of methoxy groups -OCH3 is 2. The molecule has 4 N–H and O–H groups in total. The minimum atomic E-state index is -4.92. The molecule has 0 radical (unpaired) electrons. The summed E-state index contributed by atoms with van der Waals surface area (Å²) in [6, 6.07) is 28.4. The van der Waals surface area contributed by atoms with Crippen molar-refractivity contribution in [3.8, 4) is 23.0 Å². The van der Waals surface area contributed by atoms with Gasteiger partial charge in [-0.2, -0.15) is 0 Å². The molecule has 12 nitrogen and oxygen atoms in total. The number of aromatic hydroxyl groups is 2. The summed E-state index contributed by atoms with van der Waals surface area (Å²) in [5.41, 5.74) is 0. The second-order valence-electron chi connectivity index (χ2n) is 11.5. The zero-order valence-electron chi connectivity index (χ0n) is 28.0. The predicted octanol–water partition coefficient (Wildman–Crippen LogP) is 1.23. The van der Waals surface area contributed by atoms with Gasteiger partial charge in [-0.3, -0.25) is 9.11 Å². The summed E-state index contributed by atoms with van der Waals surface area (Å²) in [6.07, 6.45) is 0. The van der Waals surface area contributed by atoms with Crippen LogP contribution in [0.5, 0.6) is 23.0 Å². The van der Waals surface area contributed by atoms with Crippen LogP contribution < -0.4 is 68.6 Å². The number of benzene rings is 9. The fourth-order valence-electron chi connectivity index (χ4n) is 7.31. The van der Waals surface area contributed by atoms with E-state index in [9.17, 15) is 10.2 Å². The van der Waals surface area contributed by atoms with Crippen molar-refractivity contribution in [2.24, 2.45) is 0 Å². The molecule has 0 unspecified atom stereocenters. The Morgan fingerprint density at radius 2 is 0.731 bits per heavy atom. The van der Waals surface area contributed by atoms with Crippen molar-refractivity contribution >= 4 is 107 Å². The number of ether oxygens (including phenoxy) is 2. The summed E-state index contributed by atoms with van der Waals surface area (Å²) in [4.78, 5) is 0. The van der Waals surface area contributed by atoms with Gasteiger partial charge in [0.1, 0.15) is 23.0 Å². The molecule has 0 saturated heterocycles. The molecule has 52 heavy (non-hydrogen) atoms. The van der Waals surface area contributed by atoms with Gasteiger partial charge in [0.25, 0.3) is 0 Å². The maximum Gasteiger partial charge on any atom is 1.00 e. The van der Waals surface area contributed by atoms with Crippen LogP contribution in [0.25, 0.3) is 86.2 Å². The minimum Gasteiger partial charge on any atom is -0.726 e. The number of fused-ring (bicyclic) bond motifs is 6. The van der Waals surface area contributed by atoms with Gasteiger partial charge in [0, 0.05) is 53.9 Å². The summed E-state index contributed by atoms with van der Waals surface area (Å²) >= 11 is 0. The number of rotatable bonds is 2. The number of hydrogen-bond acceptors (Lipinski definition) is 10. The summed E-state index contributed by atoms with van der Waals surface area (Å²) in [7, 11) is -6.43. The molecule has 0 amide bonds. The molecule has 0 aliphatic rings. The van der Waals surface area contributed by atoms with E-state index in [4.69, 9.17) is 44.5 Å². The van der Waals surface area contributed by atoms with E-state index < -0.39 is 20.8 Å². The normalized spacial score (nSPS) is 11.8. The monoisotopic (exact) mass is 758 g/mol. The first-order valence-electron chi connectivity index (χ1n) is 14.7. The first kappa shape index (κ1) is 39.7. The zero-order chi connectivity index (χ0) is 35.9. The SMILES string of the molecule is COc1cc2c3ccccc3c(O)c3ccc4c5ccc6c(O)c7ccccc7c7cc(OC)c(c1c4c32)c5c67.O=S(=O)([O-])O.O=S(=O)([O-])O.[Na+].[Na+]. The van der Waals surface area contributed by atoms with E-state index in [1.807, 2.05) is 48.5 Å². The van der Waals surface area contributed by atoms with E-state index in [-0.39, 0.29) is 70.6 Å². The van der Waals surface area contributed by atoms with Crippen molar-refractivity contribution in [2.45, 2.75) is 0 Å². The van der Waals surface area contributed by atoms with Gasteiger partial charge in [0.2, 0.25) is 20.8 Å². The Bertz CT molecular complexity index is 2840. The Labute approximate surface area is 339 Å². The molecule has 0 spiro atoms. The molecule has 0 fully saturated rings. The maximum absolute atomic E-state index is 11.4. The molecule has 16 heteroatoms. The fourth-order valence-corrected chi connectivity index (χ4v) is 7.31. The van der Waals surface area contributed by atoms with Gasteiger partial charge in [-0.15, -0.1) is 0 Å². The van der Waals surface area contributed by atoms with E-state index in [2.05, 4.69) is 36.4 Å². The van der Waals surface area contributed by atoms with Gasteiger partial charge in [0.15, 0.2) is 0 Å². The second kappa shape index (κ2) is 14.4. The van der Waals surface area contributed by atoms with Crippen LogP contribution in [-0.2, 0) is 20.8 Å². The molecule has 9 aromatic carbocycles. The standard InChI is InChI=1S/C36H22O4.2Na.2H2O4S/c1-39-27-15-25-17-7-3-5-9-21(17)35(37)23-13-11-19-20-12-14-24-30-26(18-8-4-6-10-22(18)36(24)38)16-28(40-2)34(32(20)30)33(27)31(19)29(23)25;;;2*1-5(2,3)4/h3-16,37-38H,1-2H3;;;2*(H2,1,2,3,4)/q;2*+1;;/p-2. The number of hydrogen-bond donors (Lipinski definition) is 4. The third-order valence-corrected chi connectivity index (χ3v) is 8.93. The van der Waals surface area contributed by atoms with Gasteiger partial charge in [-0.1, -0.05) is 60.7 Å². The summed E-state index contributed by atoms with van der Waals surface area (Å²) in [5, 5.41) is 38.3. The van der Waals surface area contributed by atoms with Crippen LogP contribution in [0, 0.1) is 0 Å². The summed E-state index contributed by atoms with van der Waals surface area (Å²) in [5.74, 6) is 2.05. The Balaban J connectivity index is 0.000000389. The molecule has 9 aromatic rings. The maximum atomic E-state index is 11.4. The molecule has 0 aromatic heterocycles. The van der Waals surface area contributed by atoms with Crippen LogP contribution in [0.15, 0.2) is 84.9 Å². The van der Waals surface area contributed by atoms with E-state index >= 15 is 0 Å². The van der Waals surface area contributed by atoms with Crippen LogP contribution in [0.2, 0.25) is 0 Å². The molecule has 0 aliphatic heterocycles. The van der Waals surface area contributed by atoms with Crippen molar-refractivity contribution in [3.63, 3.8) is 0 Å². The number of phenols is 2. The molecular formula is C36H24Na2O12S2. The van der Waals surface area contributed by atoms with E-state index in [0.717, 1.165) is 97.7 Å². The quantitative estimate of drug-likeness (QED) is 0.0645. The van der Waals surface area contributed by atoms with Crippen molar-refractivity contribution in [1.82, 2.24) is 0 Å². The van der Waals surface area contributed by atoms with Crippen molar-refractivity contribution < 1.29 is 114 Å². The first-order valence-corrected chi connectivity index (χ1v) is 17.4. The molecular weight excluding hydrogens is 734 g/mol. The molecule has 9 rings (SSSR count). The summed E-state index contributed by atoms with van der Waals surface area (Å²) < 4.78 is 77.9. The van der Waals surface area contributed by atoms with Gasteiger partial charge >= 0.3 is 59.1 Å². The smallest absolute Gasteiger partial charge is 0.726 e. The fraction of sp³-hybridized carbons (Fsp3) is 0.0556. The van der Waals surface area contributed by atoms with Gasteiger partial charge in [-0.05, 0) is 56.6 Å². The molecule has 0 atom stereocenters. The van der Waals surface area contributed by atoms with Crippen molar-refractivity contribution in [3.05, 3.63) is 84.9 Å². The first-order chi connectivity index (χ1) is 23.6. The zero-order valence-corrected chi connectivity index (χ0v) is 33.6. The van der Waals surface area contributed by atoms with Gasteiger partial charge in [-0.25, -0.2) is 16.8 Å². The summed E-state index contributed by atoms with van der Waals surface area (Å²) in [6.45, 7) is 0. The van der Waals surface area contributed by atoms with Gasteiger partial charge < -0.3 is 28.8 Å². The third-order valence-electron chi connectivity index (χ3n) is 8.93. The van der Waals surface area contributed by atoms with Crippen LogP contribution in [0.4, 0.5) is 0 Å². The van der Waals surface area contributed by atoms with E-state index in [1.165, 1.54) is 0 Å². The Hall–Kier alpha value is -3.48. The van der Waals surface area contributed by atoms with Crippen LogP contribution in [-0.4, -0.2) is 59.5 Å². The largest absolute Gasteiger partial charge is 1.00 e. The van der Waals surface area contributed by atoms with Crippen LogP contribution in [0.3, 0.4) is 0 Å². The molecule has 0 bridgehead atoms. The average Bonchev–Trinajstić information content (AvgIpc) is 3.07. The van der Waals surface area contributed by atoms with E-state index in [1.54, 1.807) is 14.2 Å². The van der Waals surface area contributed by atoms with Crippen molar-refractivity contribution in [1.29, 1.82) is 0 Å². The average molecular weight is 759 g/mol. The third kappa shape index (κ3) is 6.64. The second-order valence-corrected chi connectivity index (χ2v) is 13.2. The number of phenolic OH excluding ortho intramolecular Hbond substituents is 2. The molecule has 0 aliphatic carbocycles. The Morgan fingerprint density at radius 3 is 1.04 bits per heavy atom. The van der Waals surface area contributed by atoms with Gasteiger partial charge in [0.05, 0.1) is 14.2 Å². The topological polar surface area (TPSA) is 214 Å². The van der Waals surface area contributed by atoms with Crippen LogP contribution in [0.1, 0.15) is 0 Å². The Morgan fingerprint density at radius 1 is 0.442 bits per heavy atom. The van der Waals surface area contributed by atoms with Crippen molar-refractivity contribution in [2.75, 3.05) is 14.2 Å². The Kier molecular flexibility index (Phi) is 11.0. The molecule has 0 heterocycles. The molecule has 254 valence electrons. The van der Waals surface area contributed by atoms with E-state index in [0.29, 0.717) is 0 Å². The van der Waals surface area contributed by atoms with Crippen LogP contribution >= 0.6 is 0 Å². The predicted molar refractivity (Wildman–Crippen MR) is 190 cm³/mol. The minimum absolute atomic E-state index is 0. The molecule has 0 saturated carbocycles.